The van der Waals surface area contributed by atoms with Crippen molar-refractivity contribution >= 4 is 35.0 Å². The normalized spacial score (nSPS) is 15.8. The number of allylic oxidation sites excluding steroid dienone is 1. The Kier molecular flexibility index (Phi) is 7.09. The van der Waals surface area contributed by atoms with Crippen LogP contribution < -0.4 is 19.6 Å². The minimum atomic E-state index is -0.800. The molecule has 4 rings (SSSR count). The van der Waals surface area contributed by atoms with Gasteiger partial charge in [0.1, 0.15) is 23.3 Å². The zero-order chi connectivity index (χ0) is 24.4. The van der Waals surface area contributed by atoms with Crippen LogP contribution in [0.3, 0.4) is 0 Å². The summed E-state index contributed by atoms with van der Waals surface area (Å²) in [6, 6.07) is 7.98. The van der Waals surface area contributed by atoms with Gasteiger partial charge in [0.15, 0.2) is 4.80 Å². The number of carbonyl (C=O) groups excluding carboxylic acids is 1. The highest BCUT2D eigenvalue weighted by molar-refractivity contribution is 7.07. The summed E-state index contributed by atoms with van der Waals surface area (Å²) in [4.78, 5) is 32.1. The highest BCUT2D eigenvalue weighted by Crippen LogP contribution is 2.38. The van der Waals surface area contributed by atoms with Crippen molar-refractivity contribution in [3.63, 3.8) is 0 Å². The third kappa shape index (κ3) is 4.48. The van der Waals surface area contributed by atoms with Gasteiger partial charge in [-0.1, -0.05) is 36.3 Å². The molecule has 3 aromatic rings. The largest absolute Gasteiger partial charge is 0.496 e. The van der Waals surface area contributed by atoms with Crippen molar-refractivity contribution in [3.05, 3.63) is 83.4 Å². The lowest BCUT2D eigenvalue weighted by Gasteiger charge is -2.27. The Bertz CT molecular complexity index is 1450. The monoisotopic (exact) mass is 500 g/mol. The smallest absolute Gasteiger partial charge is 0.338 e. The van der Waals surface area contributed by atoms with Crippen LogP contribution >= 0.6 is 22.9 Å². The molecule has 7 nitrogen and oxygen atoms in total. The van der Waals surface area contributed by atoms with E-state index in [1.165, 1.54) is 23.0 Å². The molecule has 0 fully saturated rings. The first-order valence-corrected chi connectivity index (χ1v) is 12.2. The molecule has 34 heavy (non-hydrogen) atoms. The van der Waals surface area contributed by atoms with Gasteiger partial charge in [0, 0.05) is 16.7 Å². The number of aromatic nitrogens is 1. The van der Waals surface area contributed by atoms with Gasteiger partial charge in [-0.15, -0.1) is 0 Å². The van der Waals surface area contributed by atoms with E-state index in [1.54, 1.807) is 37.3 Å². The fraction of sp³-hybridized carbons (Fsp3) is 0.320. The molecule has 0 radical (unpaired) electrons. The van der Waals surface area contributed by atoms with Gasteiger partial charge >= 0.3 is 5.97 Å². The molecule has 0 amide bonds. The molecular formula is C25H25ClN2O5S. The number of furan rings is 1. The van der Waals surface area contributed by atoms with Crippen LogP contribution in [0.5, 0.6) is 5.75 Å². The van der Waals surface area contributed by atoms with Gasteiger partial charge in [-0.3, -0.25) is 9.36 Å². The molecule has 0 unspecified atom stereocenters. The molecule has 2 aromatic heterocycles. The number of carbonyl (C=O) groups is 1. The number of benzene rings is 1. The molecule has 1 aliphatic heterocycles. The maximum absolute atomic E-state index is 13.7. The number of rotatable bonds is 7. The molecule has 178 valence electrons. The lowest BCUT2D eigenvalue weighted by atomic mass is 9.93. The molecule has 0 N–H and O–H groups in total. The number of nitrogens with zero attached hydrogens (tertiary/aromatic N) is 2. The van der Waals surface area contributed by atoms with Gasteiger partial charge < -0.3 is 13.9 Å². The Hall–Kier alpha value is -3.10. The minimum Gasteiger partial charge on any atom is -0.496 e. The number of fused-ring (bicyclic) bond motifs is 1. The van der Waals surface area contributed by atoms with Crippen molar-refractivity contribution in [1.82, 2.24) is 4.57 Å². The molecular weight excluding hydrogens is 476 g/mol. The number of hydrogen-bond acceptors (Lipinski definition) is 7. The second kappa shape index (κ2) is 10.0. The maximum Gasteiger partial charge on any atom is 0.338 e. The van der Waals surface area contributed by atoms with E-state index in [2.05, 4.69) is 0 Å². The molecule has 9 heteroatoms. The summed E-state index contributed by atoms with van der Waals surface area (Å²) in [5.41, 5.74) is 1.21. The van der Waals surface area contributed by atoms with Crippen molar-refractivity contribution in [3.8, 4) is 5.75 Å². The van der Waals surface area contributed by atoms with E-state index in [4.69, 9.17) is 30.5 Å². The zero-order valence-electron chi connectivity index (χ0n) is 19.4. The molecule has 0 saturated heterocycles. The van der Waals surface area contributed by atoms with E-state index in [0.29, 0.717) is 49.1 Å². The van der Waals surface area contributed by atoms with E-state index < -0.39 is 12.0 Å². The summed E-state index contributed by atoms with van der Waals surface area (Å²) in [6.45, 7) is 5.79. The van der Waals surface area contributed by atoms with E-state index in [1.807, 2.05) is 19.9 Å². The highest BCUT2D eigenvalue weighted by atomic mass is 35.5. The van der Waals surface area contributed by atoms with Crippen molar-refractivity contribution < 1.29 is 18.7 Å². The second-order valence-electron chi connectivity index (χ2n) is 7.75. The number of hydrogen-bond donors (Lipinski definition) is 0. The summed E-state index contributed by atoms with van der Waals surface area (Å²) in [7, 11) is 1.54. The van der Waals surface area contributed by atoms with Crippen LogP contribution in [0.1, 0.15) is 49.8 Å². The van der Waals surface area contributed by atoms with Crippen molar-refractivity contribution in [2.45, 2.75) is 39.7 Å². The highest BCUT2D eigenvalue weighted by Gasteiger charge is 2.36. The fourth-order valence-corrected chi connectivity index (χ4v) is 5.17. The molecule has 0 aliphatic carbocycles. The Labute approximate surface area is 205 Å². The van der Waals surface area contributed by atoms with E-state index >= 15 is 0 Å². The SMILES string of the molecule is CCCC1=C(C(=O)OCC)[C@@H](c2cc(Cl)ccc2OC)n2c(s/c(=C/c3ccc(C)o3)c2=O)=N1. The Balaban J connectivity index is 2.05. The van der Waals surface area contributed by atoms with E-state index in [-0.39, 0.29) is 12.2 Å². The lowest BCUT2D eigenvalue weighted by molar-refractivity contribution is -0.139. The van der Waals surface area contributed by atoms with Gasteiger partial charge in [-0.25, -0.2) is 9.79 Å². The summed E-state index contributed by atoms with van der Waals surface area (Å²) in [5.74, 6) is 1.30. The average Bonchev–Trinajstić information content (AvgIpc) is 3.35. The van der Waals surface area contributed by atoms with Crippen molar-refractivity contribution in [2.75, 3.05) is 13.7 Å². The third-order valence-corrected chi connectivity index (χ3v) is 6.63. The zero-order valence-corrected chi connectivity index (χ0v) is 21.0. The number of thiazole rings is 1. The van der Waals surface area contributed by atoms with Crippen LogP contribution in [0.25, 0.3) is 6.08 Å². The van der Waals surface area contributed by atoms with Crippen LogP contribution in [0.15, 0.2) is 55.8 Å². The van der Waals surface area contributed by atoms with Gasteiger partial charge in [0.25, 0.3) is 5.56 Å². The Morgan fingerprint density at radius 2 is 2.09 bits per heavy atom. The van der Waals surface area contributed by atoms with Crippen molar-refractivity contribution in [1.29, 1.82) is 0 Å². The summed E-state index contributed by atoms with van der Waals surface area (Å²) < 4.78 is 18.6. The number of methoxy groups -OCH3 is 1. The van der Waals surface area contributed by atoms with Gasteiger partial charge in [0.2, 0.25) is 0 Å². The molecule has 0 saturated carbocycles. The molecule has 0 bridgehead atoms. The third-order valence-electron chi connectivity index (χ3n) is 5.41. The quantitative estimate of drug-likeness (QED) is 0.455. The number of halogens is 1. The number of aryl methyl sites for hydroxylation is 1. The molecule has 3 heterocycles. The summed E-state index contributed by atoms with van der Waals surface area (Å²) in [6.07, 6.45) is 3.01. The van der Waals surface area contributed by atoms with Crippen LogP contribution in [-0.4, -0.2) is 24.3 Å². The van der Waals surface area contributed by atoms with Crippen molar-refractivity contribution in [2.24, 2.45) is 4.99 Å². The topological polar surface area (TPSA) is 83.0 Å². The van der Waals surface area contributed by atoms with Crippen LogP contribution in [-0.2, 0) is 9.53 Å². The van der Waals surface area contributed by atoms with Gasteiger partial charge in [-0.05, 0) is 50.6 Å². The second-order valence-corrected chi connectivity index (χ2v) is 9.19. The summed E-state index contributed by atoms with van der Waals surface area (Å²) >= 11 is 7.59. The van der Waals surface area contributed by atoms with Gasteiger partial charge in [0.05, 0.1) is 29.5 Å². The fourth-order valence-electron chi connectivity index (χ4n) is 3.99. The molecule has 1 aliphatic rings. The predicted molar refractivity (Wildman–Crippen MR) is 131 cm³/mol. The van der Waals surface area contributed by atoms with Crippen LogP contribution in [0, 0.1) is 6.92 Å². The van der Waals surface area contributed by atoms with E-state index in [9.17, 15) is 9.59 Å². The number of ether oxygens (including phenoxy) is 2. The number of esters is 1. The average molecular weight is 501 g/mol. The Morgan fingerprint density at radius 3 is 2.74 bits per heavy atom. The molecule has 1 aromatic carbocycles. The lowest BCUT2D eigenvalue weighted by Crippen LogP contribution is -2.40. The van der Waals surface area contributed by atoms with Gasteiger partial charge in [-0.2, -0.15) is 0 Å². The predicted octanol–water partition coefficient (Wildman–Crippen LogP) is 4.14. The first kappa shape index (κ1) is 24.0. The van der Waals surface area contributed by atoms with E-state index in [0.717, 1.165) is 12.2 Å². The van der Waals surface area contributed by atoms with Crippen LogP contribution in [0.2, 0.25) is 5.02 Å². The molecule has 0 spiro atoms. The molecule has 1 atom stereocenters. The maximum atomic E-state index is 13.7. The standard InChI is InChI=1S/C25H25ClN2O5S/c1-5-7-18-21(24(30)32-6-2)22(17-12-15(26)9-11-19(17)31-4)28-23(29)20(34-25(28)27-18)13-16-10-8-14(3)33-16/h8-13,22H,5-7H2,1-4H3/b20-13+/t22-/m1/s1. The minimum absolute atomic E-state index is 0.198. The van der Waals surface area contributed by atoms with Crippen LogP contribution in [0.4, 0.5) is 0 Å². The first-order valence-electron chi connectivity index (χ1n) is 11.0. The Morgan fingerprint density at radius 1 is 1.29 bits per heavy atom. The first-order chi connectivity index (χ1) is 16.4. The summed E-state index contributed by atoms with van der Waals surface area (Å²) in [5, 5.41) is 0.459.